The van der Waals surface area contributed by atoms with Gasteiger partial charge in [0.1, 0.15) is 17.9 Å². The summed E-state index contributed by atoms with van der Waals surface area (Å²) in [5, 5.41) is 12.5. The number of likely N-dealkylation sites (tertiary alicyclic amines) is 1. The molecule has 1 aromatic carbocycles. The number of benzene rings is 1. The number of hydrogen-bond acceptors (Lipinski definition) is 6. The van der Waals surface area contributed by atoms with E-state index in [1.54, 1.807) is 18.0 Å². The van der Waals surface area contributed by atoms with E-state index in [0.717, 1.165) is 49.8 Å². The van der Waals surface area contributed by atoms with Gasteiger partial charge < -0.3 is 14.5 Å². The van der Waals surface area contributed by atoms with E-state index < -0.39 is 0 Å². The highest BCUT2D eigenvalue weighted by Gasteiger charge is 2.41. The zero-order valence-electron chi connectivity index (χ0n) is 16.4. The number of ether oxygens (including phenoxy) is 1. The van der Waals surface area contributed by atoms with Crippen molar-refractivity contribution < 1.29 is 9.53 Å². The third-order valence-corrected chi connectivity index (χ3v) is 6.10. The highest BCUT2D eigenvalue weighted by Crippen LogP contribution is 2.33. The Labute approximate surface area is 169 Å². The minimum atomic E-state index is 0.255. The van der Waals surface area contributed by atoms with Crippen LogP contribution in [0.15, 0.2) is 42.7 Å². The first-order valence-electron chi connectivity index (χ1n) is 10.0. The first-order chi connectivity index (χ1) is 14.2. The third-order valence-electron chi connectivity index (χ3n) is 6.10. The summed E-state index contributed by atoms with van der Waals surface area (Å²) in [7, 11) is 1.66. The van der Waals surface area contributed by atoms with E-state index in [9.17, 15) is 4.79 Å². The van der Waals surface area contributed by atoms with Crippen molar-refractivity contribution in [1.29, 1.82) is 0 Å². The molecule has 8 heteroatoms. The summed E-state index contributed by atoms with van der Waals surface area (Å²) < 4.78 is 6.89. The molecule has 8 nitrogen and oxygen atoms in total. The Morgan fingerprint density at radius 3 is 2.55 bits per heavy atom. The maximum Gasteiger partial charge on any atom is 0.222 e. The van der Waals surface area contributed by atoms with Crippen LogP contribution in [0.2, 0.25) is 0 Å². The van der Waals surface area contributed by atoms with Crippen LogP contribution in [0.1, 0.15) is 12.0 Å². The lowest BCUT2D eigenvalue weighted by Gasteiger charge is -2.22. The summed E-state index contributed by atoms with van der Waals surface area (Å²) >= 11 is 0. The lowest BCUT2D eigenvalue weighted by molar-refractivity contribution is -0.130. The molecule has 2 fully saturated rings. The molecule has 0 radical (unpaired) electrons. The van der Waals surface area contributed by atoms with Crippen molar-refractivity contribution in [3.05, 3.63) is 48.3 Å². The number of rotatable bonds is 5. The van der Waals surface area contributed by atoms with Gasteiger partial charge in [0, 0.05) is 44.4 Å². The second-order valence-corrected chi connectivity index (χ2v) is 7.90. The molecule has 3 aromatic rings. The number of carbonyl (C=O) groups is 1. The molecular formula is C21H24N6O2. The van der Waals surface area contributed by atoms with Crippen molar-refractivity contribution in [2.24, 2.45) is 11.8 Å². The molecule has 0 spiro atoms. The van der Waals surface area contributed by atoms with E-state index in [0.29, 0.717) is 18.3 Å². The van der Waals surface area contributed by atoms with Crippen molar-refractivity contribution >= 4 is 17.4 Å². The molecule has 1 amide bonds. The number of anilines is 1. The number of fused-ring (bicyclic) bond motifs is 2. The Balaban J connectivity index is 1.15. The molecule has 2 atom stereocenters. The van der Waals surface area contributed by atoms with E-state index in [4.69, 9.17) is 4.74 Å². The molecule has 0 saturated carbocycles. The van der Waals surface area contributed by atoms with Crippen molar-refractivity contribution in [3.63, 3.8) is 0 Å². The summed E-state index contributed by atoms with van der Waals surface area (Å²) in [6, 6.07) is 11.9. The fraction of sp³-hybridized carbons (Fsp3) is 0.429. The number of methoxy groups -OCH3 is 1. The van der Waals surface area contributed by atoms with E-state index in [1.807, 2.05) is 41.3 Å². The average molecular weight is 392 g/mol. The van der Waals surface area contributed by atoms with Gasteiger partial charge in [-0.05, 0) is 36.2 Å². The number of amides is 1. The predicted molar refractivity (Wildman–Crippen MR) is 108 cm³/mol. The first-order valence-corrected chi connectivity index (χ1v) is 10.0. The van der Waals surface area contributed by atoms with Crippen molar-refractivity contribution in [1.82, 2.24) is 24.7 Å². The Morgan fingerprint density at radius 2 is 1.83 bits per heavy atom. The molecule has 0 N–H and O–H groups in total. The summed E-state index contributed by atoms with van der Waals surface area (Å²) in [5.41, 5.74) is 1.92. The number of nitrogens with zero attached hydrogens (tertiary/aromatic N) is 6. The monoisotopic (exact) mass is 392 g/mol. The van der Waals surface area contributed by atoms with Gasteiger partial charge in [0.25, 0.3) is 0 Å². The molecule has 29 heavy (non-hydrogen) atoms. The topological polar surface area (TPSA) is 75.9 Å². The van der Waals surface area contributed by atoms with Gasteiger partial charge in [-0.3, -0.25) is 4.79 Å². The fourth-order valence-electron chi connectivity index (χ4n) is 4.47. The molecule has 4 heterocycles. The van der Waals surface area contributed by atoms with Crippen molar-refractivity contribution in [2.75, 3.05) is 38.2 Å². The van der Waals surface area contributed by atoms with Gasteiger partial charge in [-0.1, -0.05) is 12.1 Å². The third kappa shape index (κ3) is 3.50. The van der Waals surface area contributed by atoms with Crippen molar-refractivity contribution in [3.8, 4) is 5.75 Å². The standard InChI is InChI=1S/C21H24N6O2/c1-29-18-5-2-15(3-6-18)4-9-21(28)26-12-16-10-25(11-17(16)13-26)20-8-7-19-23-22-14-27(19)24-20/h2-3,5-8,14,16-17H,4,9-13H2,1H3. The number of aryl methyl sites for hydroxylation is 1. The summed E-state index contributed by atoms with van der Waals surface area (Å²) in [6.07, 6.45) is 2.95. The normalized spacial score (nSPS) is 21.0. The molecular weight excluding hydrogens is 368 g/mol. The van der Waals surface area contributed by atoms with E-state index in [1.165, 1.54) is 5.56 Å². The quantitative estimate of drug-likeness (QED) is 0.657. The van der Waals surface area contributed by atoms with Crippen LogP contribution in [-0.2, 0) is 11.2 Å². The zero-order chi connectivity index (χ0) is 19.8. The molecule has 2 aliphatic heterocycles. The highest BCUT2D eigenvalue weighted by molar-refractivity contribution is 5.77. The number of hydrogen-bond donors (Lipinski definition) is 0. The second-order valence-electron chi connectivity index (χ2n) is 7.90. The molecule has 2 aliphatic rings. The van der Waals surface area contributed by atoms with Crippen molar-refractivity contribution in [2.45, 2.75) is 12.8 Å². The SMILES string of the molecule is COc1ccc(CCC(=O)N2CC3CN(c4ccc5nncn5n4)CC3C2)cc1. The van der Waals surface area contributed by atoms with Gasteiger partial charge in [-0.25, -0.2) is 0 Å². The molecule has 2 saturated heterocycles. The predicted octanol–water partition coefficient (Wildman–Crippen LogP) is 1.66. The fourth-order valence-corrected chi connectivity index (χ4v) is 4.47. The number of carbonyl (C=O) groups excluding carboxylic acids is 1. The Bertz CT molecular complexity index is 1000. The molecule has 5 rings (SSSR count). The van der Waals surface area contributed by atoms with E-state index in [-0.39, 0.29) is 5.91 Å². The van der Waals surface area contributed by atoms with Crippen LogP contribution in [-0.4, -0.2) is 63.9 Å². The number of aromatic nitrogens is 4. The van der Waals surface area contributed by atoms with Gasteiger partial charge >= 0.3 is 0 Å². The minimum absolute atomic E-state index is 0.255. The van der Waals surface area contributed by atoms with Crippen LogP contribution < -0.4 is 9.64 Å². The zero-order valence-corrected chi connectivity index (χ0v) is 16.4. The average Bonchev–Trinajstić information content (AvgIpc) is 3.46. The van der Waals surface area contributed by atoms with Crippen LogP contribution in [0.4, 0.5) is 5.82 Å². The Kier molecular flexibility index (Phi) is 4.54. The lowest BCUT2D eigenvalue weighted by Crippen LogP contribution is -2.33. The van der Waals surface area contributed by atoms with E-state index >= 15 is 0 Å². The molecule has 2 unspecified atom stereocenters. The van der Waals surface area contributed by atoms with Crippen LogP contribution in [0.3, 0.4) is 0 Å². The molecule has 0 aliphatic carbocycles. The largest absolute Gasteiger partial charge is 0.497 e. The summed E-state index contributed by atoms with van der Waals surface area (Å²) in [6.45, 7) is 3.57. The Hall–Kier alpha value is -3.16. The second kappa shape index (κ2) is 7.35. The first kappa shape index (κ1) is 17.9. The van der Waals surface area contributed by atoms with Gasteiger partial charge in [0.05, 0.1) is 7.11 Å². The van der Waals surface area contributed by atoms with Gasteiger partial charge in [-0.15, -0.1) is 15.3 Å². The lowest BCUT2D eigenvalue weighted by atomic mass is 10.0. The summed E-state index contributed by atoms with van der Waals surface area (Å²) in [5.74, 6) is 3.07. The smallest absolute Gasteiger partial charge is 0.222 e. The van der Waals surface area contributed by atoms with Gasteiger partial charge in [0.2, 0.25) is 5.91 Å². The van der Waals surface area contributed by atoms with Gasteiger partial charge in [-0.2, -0.15) is 4.52 Å². The van der Waals surface area contributed by atoms with E-state index in [2.05, 4.69) is 20.2 Å². The summed E-state index contributed by atoms with van der Waals surface area (Å²) in [4.78, 5) is 17.1. The molecule has 2 aromatic heterocycles. The molecule has 0 bridgehead atoms. The highest BCUT2D eigenvalue weighted by atomic mass is 16.5. The molecule has 150 valence electrons. The van der Waals surface area contributed by atoms with Crippen LogP contribution in [0.5, 0.6) is 5.75 Å². The Morgan fingerprint density at radius 1 is 1.07 bits per heavy atom. The van der Waals surface area contributed by atoms with Crippen LogP contribution in [0, 0.1) is 11.8 Å². The van der Waals surface area contributed by atoms with Crippen LogP contribution in [0.25, 0.3) is 5.65 Å². The maximum absolute atomic E-state index is 12.7. The minimum Gasteiger partial charge on any atom is -0.497 e. The van der Waals surface area contributed by atoms with Crippen LogP contribution >= 0.6 is 0 Å². The van der Waals surface area contributed by atoms with Gasteiger partial charge in [0.15, 0.2) is 5.65 Å². The maximum atomic E-state index is 12.7.